The molecule has 1 fully saturated rings. The number of rotatable bonds is 9. The topological polar surface area (TPSA) is 85.7 Å². The number of likely N-dealkylation sites (tertiary alicyclic amines) is 1. The number of carbonyl (C=O) groups excluding carboxylic acids is 2. The highest BCUT2D eigenvalue weighted by molar-refractivity contribution is 6.00. The van der Waals surface area contributed by atoms with Gasteiger partial charge in [0.25, 0.3) is 11.8 Å². The van der Waals surface area contributed by atoms with Crippen LogP contribution in [0, 0.1) is 12.8 Å². The molecular formula is C32H33F3N4O4. The Morgan fingerprint density at radius 2 is 1.63 bits per heavy atom. The van der Waals surface area contributed by atoms with Crippen molar-refractivity contribution in [1.82, 2.24) is 20.0 Å². The van der Waals surface area contributed by atoms with Crippen molar-refractivity contribution >= 4 is 22.7 Å². The zero-order valence-electron chi connectivity index (χ0n) is 24.0. The molecule has 1 saturated heterocycles. The third-order valence-electron chi connectivity index (χ3n) is 7.71. The van der Waals surface area contributed by atoms with E-state index in [0.29, 0.717) is 49.0 Å². The number of amides is 2. The molecule has 1 aliphatic rings. The summed E-state index contributed by atoms with van der Waals surface area (Å²) in [5, 5.41) is 8.52. The molecular weight excluding hydrogens is 561 g/mol. The summed E-state index contributed by atoms with van der Waals surface area (Å²) in [6.07, 6.45) is -0.744. The molecule has 226 valence electrons. The highest BCUT2D eigenvalue weighted by Crippen LogP contribution is 2.32. The Labute approximate surface area is 247 Å². The Morgan fingerprint density at radius 1 is 0.977 bits per heavy atom. The molecule has 2 heterocycles. The highest BCUT2D eigenvalue weighted by Gasteiger charge is 2.30. The largest absolute Gasteiger partial charge is 0.457 e. The van der Waals surface area contributed by atoms with E-state index in [2.05, 4.69) is 5.32 Å². The lowest BCUT2D eigenvalue weighted by molar-refractivity contribution is -0.137. The zero-order chi connectivity index (χ0) is 30.6. The van der Waals surface area contributed by atoms with Crippen molar-refractivity contribution in [3.8, 4) is 11.5 Å². The number of benzene rings is 3. The molecule has 0 atom stereocenters. The third-order valence-corrected chi connectivity index (χ3v) is 7.71. The Kier molecular flexibility index (Phi) is 9.00. The molecule has 1 aromatic heterocycles. The molecule has 3 aromatic carbocycles. The van der Waals surface area contributed by atoms with Crippen LogP contribution in [0.2, 0.25) is 0 Å². The average Bonchev–Trinajstić information content (AvgIpc) is 3.41. The van der Waals surface area contributed by atoms with Gasteiger partial charge in [-0.05, 0) is 91.9 Å². The van der Waals surface area contributed by atoms with Crippen molar-refractivity contribution in [2.45, 2.75) is 32.5 Å². The quantitative estimate of drug-likeness (QED) is 0.237. The number of nitrogens with one attached hydrogen (secondary N) is 1. The summed E-state index contributed by atoms with van der Waals surface area (Å²) >= 11 is 0. The van der Waals surface area contributed by atoms with Crippen molar-refractivity contribution < 1.29 is 32.2 Å². The van der Waals surface area contributed by atoms with Gasteiger partial charge in [-0.1, -0.05) is 0 Å². The van der Waals surface area contributed by atoms with E-state index in [1.807, 2.05) is 28.8 Å². The van der Waals surface area contributed by atoms with Crippen molar-refractivity contribution in [2.75, 3.05) is 33.4 Å². The van der Waals surface area contributed by atoms with Gasteiger partial charge < -0.3 is 19.7 Å². The number of methoxy groups -OCH3 is 1. The van der Waals surface area contributed by atoms with Gasteiger partial charge >= 0.3 is 6.18 Å². The first-order valence-electron chi connectivity index (χ1n) is 14.1. The van der Waals surface area contributed by atoms with Crippen LogP contribution in [0.4, 0.5) is 13.2 Å². The van der Waals surface area contributed by atoms with Crippen LogP contribution in [0.3, 0.4) is 0 Å². The van der Waals surface area contributed by atoms with Crippen LogP contribution in [-0.4, -0.2) is 59.8 Å². The monoisotopic (exact) mass is 594 g/mol. The van der Waals surface area contributed by atoms with Gasteiger partial charge in [0.05, 0.1) is 17.7 Å². The first-order valence-corrected chi connectivity index (χ1v) is 14.1. The summed E-state index contributed by atoms with van der Waals surface area (Å²) < 4.78 is 50.9. The average molecular weight is 595 g/mol. The number of carbonyl (C=O) groups is 2. The Hall–Kier alpha value is -4.38. The second kappa shape index (κ2) is 12.9. The van der Waals surface area contributed by atoms with Gasteiger partial charge in [-0.15, -0.1) is 0 Å². The number of halogens is 3. The van der Waals surface area contributed by atoms with Crippen LogP contribution in [0.1, 0.15) is 44.7 Å². The van der Waals surface area contributed by atoms with Gasteiger partial charge in [0.2, 0.25) is 0 Å². The zero-order valence-corrected chi connectivity index (χ0v) is 24.0. The highest BCUT2D eigenvalue weighted by atomic mass is 19.4. The Bertz CT molecular complexity index is 1580. The molecule has 1 N–H and O–H groups in total. The van der Waals surface area contributed by atoms with E-state index in [4.69, 9.17) is 14.6 Å². The molecule has 0 unspecified atom stereocenters. The Balaban J connectivity index is 1.14. The maximum absolute atomic E-state index is 13.1. The molecule has 4 aromatic rings. The van der Waals surface area contributed by atoms with Crippen LogP contribution in [0.15, 0.2) is 66.9 Å². The number of hydrogen-bond acceptors (Lipinski definition) is 5. The first kappa shape index (κ1) is 30.1. The van der Waals surface area contributed by atoms with Crippen LogP contribution >= 0.6 is 0 Å². The fourth-order valence-corrected chi connectivity index (χ4v) is 5.26. The number of ether oxygens (including phenoxy) is 2. The summed E-state index contributed by atoms with van der Waals surface area (Å²) in [6, 6.07) is 14.7. The standard InChI is InChI=1S/C32H33F3N4O4/c1-21-27(30(40)36-15-18-42-2)11-12-29-28(21)20-39(37-29)19-22-13-16-38(17-14-22)31(41)23-3-7-25(8-4-23)43-26-9-5-24(6-10-26)32(33,34)35/h3-12,20,22H,13-19H2,1-2H3,(H,36,40). The second-order valence-electron chi connectivity index (χ2n) is 10.7. The lowest BCUT2D eigenvalue weighted by Crippen LogP contribution is -2.39. The number of piperidine rings is 1. The molecule has 0 saturated carbocycles. The lowest BCUT2D eigenvalue weighted by atomic mass is 9.96. The molecule has 1 aliphatic heterocycles. The van der Waals surface area contributed by atoms with Crippen molar-refractivity contribution in [3.63, 3.8) is 0 Å². The summed E-state index contributed by atoms with van der Waals surface area (Å²) in [4.78, 5) is 27.5. The lowest BCUT2D eigenvalue weighted by Gasteiger charge is -2.32. The predicted octanol–water partition coefficient (Wildman–Crippen LogP) is 6.08. The van der Waals surface area contributed by atoms with E-state index in [-0.39, 0.29) is 17.6 Å². The molecule has 0 spiro atoms. The number of nitrogens with zero attached hydrogens (tertiary/aromatic N) is 3. The molecule has 0 radical (unpaired) electrons. The van der Waals surface area contributed by atoms with Crippen LogP contribution in [-0.2, 0) is 17.5 Å². The van der Waals surface area contributed by atoms with Gasteiger partial charge in [0, 0.05) is 56.0 Å². The minimum atomic E-state index is -4.41. The van der Waals surface area contributed by atoms with Gasteiger partial charge in [-0.3, -0.25) is 14.3 Å². The van der Waals surface area contributed by atoms with E-state index in [9.17, 15) is 22.8 Å². The van der Waals surface area contributed by atoms with Crippen LogP contribution in [0.25, 0.3) is 10.9 Å². The van der Waals surface area contributed by atoms with E-state index in [1.165, 1.54) is 12.1 Å². The van der Waals surface area contributed by atoms with Crippen molar-refractivity contribution in [1.29, 1.82) is 0 Å². The predicted molar refractivity (Wildman–Crippen MR) is 155 cm³/mol. The third kappa shape index (κ3) is 7.16. The minimum absolute atomic E-state index is 0.0729. The van der Waals surface area contributed by atoms with Crippen molar-refractivity contribution in [2.24, 2.45) is 5.92 Å². The Morgan fingerprint density at radius 3 is 2.26 bits per heavy atom. The number of aryl methyl sites for hydroxylation is 1. The minimum Gasteiger partial charge on any atom is -0.457 e. The summed E-state index contributed by atoms with van der Waals surface area (Å²) in [6.45, 7) is 4.79. The van der Waals surface area contributed by atoms with Crippen LogP contribution in [0.5, 0.6) is 11.5 Å². The molecule has 43 heavy (non-hydrogen) atoms. The fourth-order valence-electron chi connectivity index (χ4n) is 5.26. The SMILES string of the molecule is COCCNC(=O)c1ccc2nn(CC3CCN(C(=O)c4ccc(Oc5ccc(C(F)(F)F)cc5)cc4)CC3)cc2c1C. The van der Waals surface area contributed by atoms with E-state index in [1.54, 1.807) is 37.4 Å². The second-order valence-corrected chi connectivity index (χ2v) is 10.7. The van der Waals surface area contributed by atoms with E-state index in [0.717, 1.165) is 48.0 Å². The number of aromatic nitrogens is 2. The number of alkyl halides is 3. The number of fused-ring (bicyclic) bond motifs is 1. The fraction of sp³-hybridized carbons (Fsp3) is 0.344. The van der Waals surface area contributed by atoms with Gasteiger partial charge in [-0.25, -0.2) is 0 Å². The molecule has 5 rings (SSSR count). The molecule has 8 nitrogen and oxygen atoms in total. The smallest absolute Gasteiger partial charge is 0.416 e. The van der Waals surface area contributed by atoms with Gasteiger partial charge in [-0.2, -0.15) is 18.3 Å². The first-order chi connectivity index (χ1) is 20.6. The maximum Gasteiger partial charge on any atom is 0.416 e. The van der Waals surface area contributed by atoms with E-state index < -0.39 is 11.7 Å². The maximum atomic E-state index is 13.1. The normalized spacial score (nSPS) is 14.2. The molecule has 0 aliphatic carbocycles. The molecule has 0 bridgehead atoms. The molecule has 2 amide bonds. The molecule has 11 heteroatoms. The van der Waals surface area contributed by atoms with Crippen molar-refractivity contribution in [3.05, 3.63) is 89.1 Å². The summed E-state index contributed by atoms with van der Waals surface area (Å²) in [7, 11) is 1.59. The van der Waals surface area contributed by atoms with Gasteiger partial charge in [0.1, 0.15) is 11.5 Å². The summed E-state index contributed by atoms with van der Waals surface area (Å²) in [5.41, 5.74) is 2.12. The van der Waals surface area contributed by atoms with Crippen LogP contribution < -0.4 is 10.1 Å². The van der Waals surface area contributed by atoms with Gasteiger partial charge in [0.15, 0.2) is 0 Å². The van der Waals surface area contributed by atoms with E-state index >= 15 is 0 Å². The summed E-state index contributed by atoms with van der Waals surface area (Å²) in [5.74, 6) is 0.850. The number of hydrogen-bond donors (Lipinski definition) is 1.